The van der Waals surface area contributed by atoms with Gasteiger partial charge in [0.25, 0.3) is 0 Å². The molecule has 0 aromatic rings. The minimum Gasteiger partial charge on any atom is -0.382 e. The lowest BCUT2D eigenvalue weighted by atomic mass is 10.0. The van der Waals surface area contributed by atoms with E-state index in [1.54, 1.807) is 7.11 Å². The number of rotatable bonds is 13. The second kappa shape index (κ2) is 16.7. The molecule has 28 heavy (non-hydrogen) atoms. The zero-order valence-electron chi connectivity index (χ0n) is 19.1. The molecule has 1 N–H and O–H groups in total. The molecule has 0 radical (unpaired) electrons. The molecular weight excluding hydrogens is 467 g/mol. The second-order valence-corrected chi connectivity index (χ2v) is 7.87. The van der Waals surface area contributed by atoms with Crippen LogP contribution in [0.5, 0.6) is 0 Å². The number of likely N-dealkylation sites (N-methyl/N-ethyl adjacent to an activating group) is 1. The van der Waals surface area contributed by atoms with E-state index in [1.165, 1.54) is 12.8 Å². The maximum absolute atomic E-state index is 5.73. The second-order valence-electron chi connectivity index (χ2n) is 7.87. The van der Waals surface area contributed by atoms with Gasteiger partial charge in [-0.2, -0.15) is 0 Å². The number of nitrogens with one attached hydrogen (secondary N) is 1. The molecule has 1 heterocycles. The minimum atomic E-state index is 0. The molecule has 0 aromatic carbocycles. The molecule has 7 heteroatoms. The Morgan fingerprint density at radius 3 is 2.50 bits per heavy atom. The smallest absolute Gasteiger partial charge is 0.193 e. The highest BCUT2D eigenvalue weighted by atomic mass is 127. The average Bonchev–Trinajstić information content (AvgIpc) is 3.11. The third kappa shape index (κ3) is 10.6. The summed E-state index contributed by atoms with van der Waals surface area (Å²) < 4.78 is 10.8. The predicted octanol–water partition coefficient (Wildman–Crippen LogP) is 3.31. The molecule has 1 aliphatic rings. The van der Waals surface area contributed by atoms with Crippen molar-refractivity contribution in [1.82, 2.24) is 15.1 Å². The van der Waals surface area contributed by atoms with Crippen molar-refractivity contribution < 1.29 is 9.47 Å². The Labute approximate surface area is 190 Å². The van der Waals surface area contributed by atoms with Gasteiger partial charge in [0, 0.05) is 38.7 Å². The van der Waals surface area contributed by atoms with Crippen LogP contribution >= 0.6 is 24.0 Å². The van der Waals surface area contributed by atoms with Crippen LogP contribution in [0.15, 0.2) is 4.99 Å². The summed E-state index contributed by atoms with van der Waals surface area (Å²) in [7, 11) is 1.71. The topological polar surface area (TPSA) is 49.3 Å². The highest BCUT2D eigenvalue weighted by Crippen LogP contribution is 2.17. The maximum Gasteiger partial charge on any atom is 0.193 e. The zero-order chi connectivity index (χ0) is 20.1. The largest absolute Gasteiger partial charge is 0.382 e. The first-order valence-corrected chi connectivity index (χ1v) is 10.9. The molecule has 0 bridgehead atoms. The molecule has 1 saturated heterocycles. The van der Waals surface area contributed by atoms with Gasteiger partial charge in [-0.15, -0.1) is 24.0 Å². The van der Waals surface area contributed by atoms with E-state index in [4.69, 9.17) is 14.5 Å². The normalized spacial score (nSPS) is 18.6. The van der Waals surface area contributed by atoms with Gasteiger partial charge >= 0.3 is 0 Å². The number of methoxy groups -OCH3 is 1. The fraction of sp³-hybridized carbons (Fsp3) is 0.952. The van der Waals surface area contributed by atoms with Gasteiger partial charge < -0.3 is 19.7 Å². The SMILES string of the molecule is CCNC(=NCC(CC(C)C)N(CC)CC)N1CCC(COCCOC)C1.I. The number of ether oxygens (including phenoxy) is 2. The number of hydrogen-bond acceptors (Lipinski definition) is 4. The summed E-state index contributed by atoms with van der Waals surface area (Å²) in [5, 5.41) is 3.50. The summed E-state index contributed by atoms with van der Waals surface area (Å²) in [4.78, 5) is 9.99. The van der Waals surface area contributed by atoms with Crippen molar-refractivity contribution in [2.24, 2.45) is 16.8 Å². The number of hydrogen-bond donors (Lipinski definition) is 1. The third-order valence-corrected chi connectivity index (χ3v) is 5.23. The van der Waals surface area contributed by atoms with Crippen LogP contribution in [-0.2, 0) is 9.47 Å². The van der Waals surface area contributed by atoms with Gasteiger partial charge in [-0.05, 0) is 38.8 Å². The van der Waals surface area contributed by atoms with Crippen molar-refractivity contribution in [3.05, 3.63) is 0 Å². The number of aliphatic imine (C=N–C) groups is 1. The first-order chi connectivity index (χ1) is 13.0. The highest BCUT2D eigenvalue weighted by Gasteiger charge is 2.25. The molecular formula is C21H45IN4O2. The Hall–Kier alpha value is -0.120. The lowest BCUT2D eigenvalue weighted by molar-refractivity contribution is 0.0536. The summed E-state index contributed by atoms with van der Waals surface area (Å²) in [6.45, 7) is 19.5. The van der Waals surface area contributed by atoms with Crippen molar-refractivity contribution in [3.63, 3.8) is 0 Å². The fourth-order valence-electron chi connectivity index (χ4n) is 3.79. The Balaban J connectivity index is 0.00000729. The first kappa shape index (κ1) is 27.9. The molecule has 2 unspecified atom stereocenters. The van der Waals surface area contributed by atoms with Crippen LogP contribution in [0.4, 0.5) is 0 Å². The highest BCUT2D eigenvalue weighted by molar-refractivity contribution is 14.0. The summed E-state index contributed by atoms with van der Waals surface area (Å²) in [6.07, 6.45) is 2.36. The lowest BCUT2D eigenvalue weighted by Crippen LogP contribution is -2.43. The van der Waals surface area contributed by atoms with E-state index in [2.05, 4.69) is 49.7 Å². The van der Waals surface area contributed by atoms with Crippen molar-refractivity contribution in [2.75, 3.05) is 66.2 Å². The lowest BCUT2D eigenvalue weighted by Gasteiger charge is -2.30. The quantitative estimate of drug-likeness (QED) is 0.178. The molecule has 1 fully saturated rings. The summed E-state index contributed by atoms with van der Waals surface area (Å²) in [6, 6.07) is 0.518. The number of likely N-dealkylation sites (tertiary alicyclic amines) is 1. The minimum absolute atomic E-state index is 0. The van der Waals surface area contributed by atoms with Crippen molar-refractivity contribution in [2.45, 2.75) is 53.5 Å². The van der Waals surface area contributed by atoms with Gasteiger partial charge in [0.1, 0.15) is 0 Å². The van der Waals surface area contributed by atoms with Crippen LogP contribution in [0.3, 0.4) is 0 Å². The molecule has 0 aromatic heterocycles. The van der Waals surface area contributed by atoms with Gasteiger partial charge in [0.2, 0.25) is 0 Å². The van der Waals surface area contributed by atoms with Gasteiger partial charge in [-0.3, -0.25) is 9.89 Å². The molecule has 168 valence electrons. The molecule has 1 aliphatic heterocycles. The van der Waals surface area contributed by atoms with Crippen LogP contribution in [0.2, 0.25) is 0 Å². The molecule has 0 aliphatic carbocycles. The monoisotopic (exact) mass is 512 g/mol. The standard InChI is InChI=1S/C21H44N4O2.HI/c1-7-22-21(23-15-20(14-18(4)5)24(8-2)9-3)25-11-10-19(16-25)17-27-13-12-26-6;/h18-20H,7-17H2,1-6H3,(H,22,23);1H. The molecule has 0 saturated carbocycles. The Morgan fingerprint density at radius 1 is 1.21 bits per heavy atom. The Bertz CT molecular complexity index is 406. The maximum atomic E-state index is 5.73. The van der Waals surface area contributed by atoms with Crippen molar-refractivity contribution >= 4 is 29.9 Å². The molecule has 0 spiro atoms. The number of nitrogens with zero attached hydrogens (tertiary/aromatic N) is 3. The van der Waals surface area contributed by atoms with Crippen LogP contribution in [-0.4, -0.2) is 88.0 Å². The van der Waals surface area contributed by atoms with E-state index in [-0.39, 0.29) is 24.0 Å². The first-order valence-electron chi connectivity index (χ1n) is 10.9. The Morgan fingerprint density at radius 2 is 1.93 bits per heavy atom. The average molecular weight is 513 g/mol. The van der Waals surface area contributed by atoms with Crippen molar-refractivity contribution in [1.29, 1.82) is 0 Å². The summed E-state index contributed by atoms with van der Waals surface area (Å²) in [5.41, 5.74) is 0. The van der Waals surface area contributed by atoms with E-state index < -0.39 is 0 Å². The summed E-state index contributed by atoms with van der Waals surface area (Å²) in [5.74, 6) is 2.34. The van der Waals surface area contributed by atoms with E-state index in [0.717, 1.165) is 51.8 Å². The summed E-state index contributed by atoms with van der Waals surface area (Å²) >= 11 is 0. The van der Waals surface area contributed by atoms with E-state index >= 15 is 0 Å². The molecule has 0 amide bonds. The zero-order valence-corrected chi connectivity index (χ0v) is 21.4. The molecule has 2 atom stereocenters. The van der Waals surface area contributed by atoms with Crippen LogP contribution in [0, 0.1) is 11.8 Å². The van der Waals surface area contributed by atoms with Gasteiger partial charge in [0.15, 0.2) is 5.96 Å². The van der Waals surface area contributed by atoms with Crippen LogP contribution in [0.25, 0.3) is 0 Å². The Kier molecular flexibility index (Phi) is 16.6. The molecule has 1 rings (SSSR count). The third-order valence-electron chi connectivity index (χ3n) is 5.23. The molecule has 6 nitrogen and oxygen atoms in total. The van der Waals surface area contributed by atoms with Gasteiger partial charge in [-0.25, -0.2) is 0 Å². The van der Waals surface area contributed by atoms with Gasteiger partial charge in [0.05, 0.1) is 26.4 Å². The van der Waals surface area contributed by atoms with Gasteiger partial charge in [-0.1, -0.05) is 27.7 Å². The van der Waals surface area contributed by atoms with E-state index in [1.807, 2.05) is 0 Å². The van der Waals surface area contributed by atoms with Crippen molar-refractivity contribution in [3.8, 4) is 0 Å². The predicted molar refractivity (Wildman–Crippen MR) is 130 cm³/mol. The number of guanidine groups is 1. The number of halogens is 1. The van der Waals surface area contributed by atoms with Crippen LogP contribution in [0.1, 0.15) is 47.5 Å². The van der Waals surface area contributed by atoms with E-state index in [9.17, 15) is 0 Å². The fourth-order valence-corrected chi connectivity index (χ4v) is 3.79. The van der Waals surface area contributed by atoms with E-state index in [0.29, 0.717) is 31.1 Å². The van der Waals surface area contributed by atoms with Crippen LogP contribution < -0.4 is 5.32 Å².